The summed E-state index contributed by atoms with van der Waals surface area (Å²) in [4.78, 5) is 35.7. The maximum Gasteiger partial charge on any atom is 0.306 e. The van der Waals surface area contributed by atoms with Crippen LogP contribution < -0.4 is 5.32 Å². The van der Waals surface area contributed by atoms with Crippen molar-refractivity contribution < 1.29 is 23.5 Å². The van der Waals surface area contributed by atoms with Crippen LogP contribution in [0.4, 0.5) is 10.1 Å². The first-order chi connectivity index (χ1) is 13.0. The van der Waals surface area contributed by atoms with Gasteiger partial charge < -0.3 is 10.1 Å². The molecule has 2 aromatic carbocycles. The van der Waals surface area contributed by atoms with E-state index in [2.05, 4.69) is 5.32 Å². The van der Waals surface area contributed by atoms with E-state index in [0.29, 0.717) is 5.56 Å². The van der Waals surface area contributed by atoms with Gasteiger partial charge in [-0.25, -0.2) is 4.39 Å². The number of carbonyl (C=O) groups is 3. The number of halogens is 1. The fourth-order valence-electron chi connectivity index (χ4n) is 3.09. The van der Waals surface area contributed by atoms with Crippen LogP contribution >= 0.6 is 0 Å². The summed E-state index contributed by atoms with van der Waals surface area (Å²) in [6, 6.07) is 11.1. The van der Waals surface area contributed by atoms with Gasteiger partial charge in [-0.05, 0) is 54.7 Å². The van der Waals surface area contributed by atoms with E-state index in [4.69, 9.17) is 4.74 Å². The number of carbonyl (C=O) groups excluding carboxylic acids is 3. The molecule has 27 heavy (non-hydrogen) atoms. The molecule has 0 saturated carbocycles. The number of rotatable bonds is 7. The Morgan fingerprint density at radius 1 is 1.00 bits per heavy atom. The van der Waals surface area contributed by atoms with Gasteiger partial charge in [-0.2, -0.15) is 0 Å². The number of nitrogens with one attached hydrogen (secondary N) is 1. The Morgan fingerprint density at radius 3 is 2.63 bits per heavy atom. The molecule has 140 valence electrons. The number of hydrogen-bond donors (Lipinski definition) is 1. The quantitative estimate of drug-likeness (QED) is 0.599. The van der Waals surface area contributed by atoms with Gasteiger partial charge in [0.25, 0.3) is 5.91 Å². The number of aryl methyl sites for hydroxylation is 2. The van der Waals surface area contributed by atoms with Gasteiger partial charge in [0.05, 0.1) is 6.42 Å². The van der Waals surface area contributed by atoms with E-state index in [1.807, 2.05) is 12.1 Å². The lowest BCUT2D eigenvalue weighted by Gasteiger charge is -2.07. The van der Waals surface area contributed by atoms with Crippen molar-refractivity contribution in [2.75, 3.05) is 11.9 Å². The summed E-state index contributed by atoms with van der Waals surface area (Å²) in [6.45, 7) is -0.484. The van der Waals surface area contributed by atoms with Crippen LogP contribution in [0.25, 0.3) is 0 Å². The third-order valence-corrected chi connectivity index (χ3v) is 4.45. The maximum absolute atomic E-state index is 13.1. The predicted molar refractivity (Wildman–Crippen MR) is 98.0 cm³/mol. The van der Waals surface area contributed by atoms with E-state index in [9.17, 15) is 18.8 Å². The summed E-state index contributed by atoms with van der Waals surface area (Å²) in [6.07, 6.45) is 3.08. The van der Waals surface area contributed by atoms with Gasteiger partial charge in [0.1, 0.15) is 5.82 Å². The van der Waals surface area contributed by atoms with Crippen LogP contribution in [-0.4, -0.2) is 24.3 Å². The molecule has 0 atom stereocenters. The molecule has 0 aliphatic heterocycles. The second-order valence-corrected chi connectivity index (χ2v) is 6.48. The van der Waals surface area contributed by atoms with Gasteiger partial charge in [-0.3, -0.25) is 14.4 Å². The Morgan fingerprint density at radius 2 is 1.81 bits per heavy atom. The molecule has 0 heterocycles. The number of amides is 1. The second kappa shape index (κ2) is 8.58. The van der Waals surface area contributed by atoms with Gasteiger partial charge in [-0.15, -0.1) is 0 Å². The molecular formula is C21H20FNO4. The number of hydrogen-bond acceptors (Lipinski definition) is 4. The monoisotopic (exact) mass is 369 g/mol. The maximum atomic E-state index is 13.1. The average Bonchev–Trinajstić information content (AvgIpc) is 3.12. The SMILES string of the molecule is O=C(COC(=O)CCC(=O)c1ccc2c(c1)CCC2)Nc1cccc(F)c1. The summed E-state index contributed by atoms with van der Waals surface area (Å²) in [7, 11) is 0. The molecule has 0 bridgehead atoms. The summed E-state index contributed by atoms with van der Waals surface area (Å²) in [5.74, 6) is -1.79. The second-order valence-electron chi connectivity index (χ2n) is 6.48. The molecule has 0 radical (unpaired) electrons. The van der Waals surface area contributed by atoms with Crippen LogP contribution in [0.3, 0.4) is 0 Å². The zero-order valence-corrected chi connectivity index (χ0v) is 14.8. The fraction of sp³-hybridized carbons (Fsp3) is 0.286. The number of ketones is 1. The van der Waals surface area contributed by atoms with E-state index < -0.39 is 24.3 Å². The van der Waals surface area contributed by atoms with Crippen molar-refractivity contribution in [2.24, 2.45) is 0 Å². The zero-order chi connectivity index (χ0) is 19.2. The highest BCUT2D eigenvalue weighted by molar-refractivity contribution is 5.98. The smallest absolute Gasteiger partial charge is 0.306 e. The Balaban J connectivity index is 1.41. The molecule has 0 saturated heterocycles. The Kier molecular flexibility index (Phi) is 5.96. The third-order valence-electron chi connectivity index (χ3n) is 4.45. The minimum atomic E-state index is -0.626. The molecule has 3 rings (SSSR count). The first kappa shape index (κ1) is 18.8. The van der Waals surface area contributed by atoms with Crippen molar-refractivity contribution in [3.8, 4) is 0 Å². The van der Waals surface area contributed by atoms with Crippen molar-refractivity contribution in [1.29, 1.82) is 0 Å². The number of ether oxygens (including phenoxy) is 1. The normalized spacial score (nSPS) is 12.3. The van der Waals surface area contributed by atoms with Crippen molar-refractivity contribution in [1.82, 2.24) is 0 Å². The highest BCUT2D eigenvalue weighted by Gasteiger charge is 2.16. The molecule has 0 unspecified atom stereocenters. The number of Topliss-reactive ketones (excluding diaryl/α,β-unsaturated/α-hetero) is 1. The van der Waals surface area contributed by atoms with Gasteiger partial charge in [0, 0.05) is 17.7 Å². The van der Waals surface area contributed by atoms with Gasteiger partial charge >= 0.3 is 5.97 Å². The van der Waals surface area contributed by atoms with Crippen LogP contribution in [0.5, 0.6) is 0 Å². The minimum Gasteiger partial charge on any atom is -0.456 e. The minimum absolute atomic E-state index is 0.0309. The number of benzene rings is 2. The van der Waals surface area contributed by atoms with Crippen LogP contribution in [0, 0.1) is 5.82 Å². The largest absolute Gasteiger partial charge is 0.456 e. The standard InChI is InChI=1S/C21H20FNO4/c22-17-5-2-6-18(12-17)23-20(25)13-27-21(26)10-9-19(24)16-8-7-14-3-1-4-15(14)11-16/h2,5-8,11-12H,1,3-4,9-10,13H2,(H,23,25). The van der Waals surface area contributed by atoms with E-state index in [1.54, 1.807) is 6.07 Å². The van der Waals surface area contributed by atoms with E-state index in [0.717, 1.165) is 25.3 Å². The molecule has 1 amide bonds. The number of anilines is 1. The first-order valence-corrected chi connectivity index (χ1v) is 8.87. The molecule has 1 aliphatic carbocycles. The molecule has 1 aliphatic rings. The number of esters is 1. The highest BCUT2D eigenvalue weighted by Crippen LogP contribution is 2.23. The number of fused-ring (bicyclic) bond motifs is 1. The Hall–Kier alpha value is -3.02. The lowest BCUT2D eigenvalue weighted by atomic mass is 10.0. The van der Waals surface area contributed by atoms with Crippen molar-refractivity contribution >= 4 is 23.3 Å². The first-order valence-electron chi connectivity index (χ1n) is 8.87. The van der Waals surface area contributed by atoms with E-state index in [1.165, 1.54) is 29.3 Å². The summed E-state index contributed by atoms with van der Waals surface area (Å²) in [5, 5.41) is 2.43. The predicted octanol–water partition coefficient (Wildman–Crippen LogP) is 3.46. The highest BCUT2D eigenvalue weighted by atomic mass is 19.1. The lowest BCUT2D eigenvalue weighted by molar-refractivity contribution is -0.147. The fourth-order valence-corrected chi connectivity index (χ4v) is 3.09. The zero-order valence-electron chi connectivity index (χ0n) is 14.8. The van der Waals surface area contributed by atoms with Crippen LogP contribution in [0.15, 0.2) is 42.5 Å². The molecule has 6 heteroatoms. The van der Waals surface area contributed by atoms with Gasteiger partial charge in [0.15, 0.2) is 12.4 Å². The molecule has 0 fully saturated rings. The van der Waals surface area contributed by atoms with E-state index >= 15 is 0 Å². The molecular weight excluding hydrogens is 349 g/mol. The molecule has 1 N–H and O–H groups in total. The van der Waals surface area contributed by atoms with Gasteiger partial charge in [-0.1, -0.05) is 18.2 Å². The van der Waals surface area contributed by atoms with Crippen LogP contribution in [0.1, 0.15) is 40.7 Å². The topological polar surface area (TPSA) is 72.5 Å². The lowest BCUT2D eigenvalue weighted by Crippen LogP contribution is -2.21. The van der Waals surface area contributed by atoms with Crippen molar-refractivity contribution in [3.63, 3.8) is 0 Å². The van der Waals surface area contributed by atoms with Crippen LogP contribution in [0.2, 0.25) is 0 Å². The van der Waals surface area contributed by atoms with Crippen molar-refractivity contribution in [2.45, 2.75) is 32.1 Å². The van der Waals surface area contributed by atoms with E-state index in [-0.39, 0.29) is 24.3 Å². The molecule has 2 aromatic rings. The van der Waals surface area contributed by atoms with Gasteiger partial charge in [0.2, 0.25) is 0 Å². The Labute approximate surface area is 156 Å². The average molecular weight is 369 g/mol. The van der Waals surface area contributed by atoms with Crippen molar-refractivity contribution in [3.05, 3.63) is 65.0 Å². The molecule has 0 aromatic heterocycles. The Bertz CT molecular complexity index is 878. The van der Waals surface area contributed by atoms with Crippen LogP contribution in [-0.2, 0) is 27.2 Å². The summed E-state index contributed by atoms with van der Waals surface area (Å²) >= 11 is 0. The summed E-state index contributed by atoms with van der Waals surface area (Å²) < 4.78 is 17.9. The third kappa shape index (κ3) is 5.23. The molecule has 5 nitrogen and oxygen atoms in total. The summed E-state index contributed by atoms with van der Waals surface area (Å²) in [5.41, 5.74) is 3.38. The molecule has 0 spiro atoms.